The summed E-state index contributed by atoms with van der Waals surface area (Å²) in [6.45, 7) is 6.05. The SMILES string of the molecule is CCC[C@@]1(C(=O)OCC)N[C@@H](c2ccccc2F)[C@H]2C(=O)N(c3ccc(OCC)cc3)C(=O)[C@H]21. The van der Waals surface area contributed by atoms with Gasteiger partial charge in [-0.1, -0.05) is 31.5 Å². The summed E-state index contributed by atoms with van der Waals surface area (Å²) < 4.78 is 25.7. The topological polar surface area (TPSA) is 84.9 Å². The van der Waals surface area contributed by atoms with Crippen LogP contribution in [0.25, 0.3) is 0 Å². The molecule has 4 rings (SSSR count). The summed E-state index contributed by atoms with van der Waals surface area (Å²) in [6, 6.07) is 11.9. The van der Waals surface area contributed by atoms with Crippen LogP contribution in [0.2, 0.25) is 0 Å². The van der Waals surface area contributed by atoms with Crippen molar-refractivity contribution in [2.45, 2.75) is 45.2 Å². The number of benzene rings is 2. The van der Waals surface area contributed by atoms with E-state index in [0.29, 0.717) is 24.5 Å². The maximum absolute atomic E-state index is 14.9. The molecule has 0 unspecified atom stereocenters. The Labute approximate surface area is 198 Å². The van der Waals surface area contributed by atoms with Gasteiger partial charge in [0.15, 0.2) is 0 Å². The number of hydrogen-bond donors (Lipinski definition) is 1. The molecule has 2 fully saturated rings. The van der Waals surface area contributed by atoms with Crippen molar-refractivity contribution in [2.75, 3.05) is 18.1 Å². The summed E-state index contributed by atoms with van der Waals surface area (Å²) in [5.74, 6) is -3.42. The smallest absolute Gasteiger partial charge is 0.327 e. The Morgan fingerprint density at radius 3 is 2.35 bits per heavy atom. The number of amides is 2. The molecule has 0 radical (unpaired) electrons. The van der Waals surface area contributed by atoms with Gasteiger partial charge in [0.05, 0.1) is 30.7 Å². The number of esters is 1. The zero-order valence-electron chi connectivity index (χ0n) is 19.5. The van der Waals surface area contributed by atoms with E-state index in [4.69, 9.17) is 9.47 Å². The van der Waals surface area contributed by atoms with E-state index in [-0.39, 0.29) is 18.6 Å². The molecular weight excluding hydrogens is 439 g/mol. The van der Waals surface area contributed by atoms with Gasteiger partial charge in [0.1, 0.15) is 17.1 Å². The number of fused-ring (bicyclic) bond motifs is 1. The zero-order valence-corrected chi connectivity index (χ0v) is 19.5. The highest BCUT2D eigenvalue weighted by molar-refractivity contribution is 6.24. The van der Waals surface area contributed by atoms with Crippen LogP contribution >= 0.6 is 0 Å². The lowest BCUT2D eigenvalue weighted by atomic mass is 9.77. The second-order valence-electron chi connectivity index (χ2n) is 8.53. The van der Waals surface area contributed by atoms with Crippen molar-refractivity contribution in [1.82, 2.24) is 5.32 Å². The minimum atomic E-state index is -1.44. The Balaban J connectivity index is 1.83. The van der Waals surface area contributed by atoms with Gasteiger partial charge < -0.3 is 9.47 Å². The third-order valence-corrected chi connectivity index (χ3v) is 6.58. The van der Waals surface area contributed by atoms with Crippen LogP contribution in [0.15, 0.2) is 48.5 Å². The largest absolute Gasteiger partial charge is 0.494 e. The van der Waals surface area contributed by atoms with Gasteiger partial charge in [0.25, 0.3) is 0 Å². The Morgan fingerprint density at radius 1 is 1.03 bits per heavy atom. The first-order valence-corrected chi connectivity index (χ1v) is 11.7. The molecule has 34 heavy (non-hydrogen) atoms. The molecule has 2 aromatic rings. The molecule has 0 aliphatic carbocycles. The number of nitrogens with one attached hydrogen (secondary N) is 1. The summed E-state index contributed by atoms with van der Waals surface area (Å²) in [6.07, 6.45) is 0.831. The fourth-order valence-corrected chi connectivity index (χ4v) is 5.28. The molecule has 0 aromatic heterocycles. The van der Waals surface area contributed by atoms with Crippen molar-refractivity contribution in [3.63, 3.8) is 0 Å². The lowest BCUT2D eigenvalue weighted by molar-refractivity contribution is -0.155. The fraction of sp³-hybridized carbons (Fsp3) is 0.423. The van der Waals surface area contributed by atoms with Gasteiger partial charge in [-0.05, 0) is 50.6 Å². The van der Waals surface area contributed by atoms with Gasteiger partial charge in [-0.2, -0.15) is 0 Å². The fourth-order valence-electron chi connectivity index (χ4n) is 5.28. The van der Waals surface area contributed by atoms with E-state index in [1.54, 1.807) is 49.4 Å². The van der Waals surface area contributed by atoms with Crippen molar-refractivity contribution < 1.29 is 28.2 Å². The first-order valence-electron chi connectivity index (χ1n) is 11.7. The van der Waals surface area contributed by atoms with E-state index in [9.17, 15) is 18.8 Å². The maximum Gasteiger partial charge on any atom is 0.327 e. The van der Waals surface area contributed by atoms with Crippen LogP contribution in [0.3, 0.4) is 0 Å². The molecule has 4 atom stereocenters. The third-order valence-electron chi connectivity index (χ3n) is 6.58. The van der Waals surface area contributed by atoms with E-state index >= 15 is 0 Å². The zero-order chi connectivity index (χ0) is 24.5. The average Bonchev–Trinajstić information content (AvgIpc) is 3.30. The number of imide groups is 1. The van der Waals surface area contributed by atoms with Crippen molar-refractivity contribution in [2.24, 2.45) is 11.8 Å². The lowest BCUT2D eigenvalue weighted by Gasteiger charge is -2.32. The maximum atomic E-state index is 14.9. The predicted octanol–water partition coefficient (Wildman–Crippen LogP) is 3.78. The van der Waals surface area contributed by atoms with Crippen LogP contribution in [0.1, 0.15) is 45.2 Å². The Bertz CT molecular complexity index is 1090. The number of ether oxygens (including phenoxy) is 2. The molecule has 2 aliphatic heterocycles. The van der Waals surface area contributed by atoms with Gasteiger partial charge in [-0.15, -0.1) is 0 Å². The van der Waals surface area contributed by atoms with E-state index in [1.165, 1.54) is 6.07 Å². The molecule has 2 amide bonds. The summed E-state index contributed by atoms with van der Waals surface area (Å²) in [7, 11) is 0. The predicted molar refractivity (Wildman–Crippen MR) is 124 cm³/mol. The molecule has 0 saturated carbocycles. The molecule has 8 heteroatoms. The van der Waals surface area contributed by atoms with Crippen LogP contribution in [0.4, 0.5) is 10.1 Å². The minimum absolute atomic E-state index is 0.123. The summed E-state index contributed by atoms with van der Waals surface area (Å²) in [5, 5.41) is 3.20. The Kier molecular flexibility index (Phi) is 6.70. The van der Waals surface area contributed by atoms with E-state index in [0.717, 1.165) is 4.90 Å². The molecule has 0 spiro atoms. The van der Waals surface area contributed by atoms with E-state index < -0.39 is 47.0 Å². The number of halogens is 1. The highest BCUT2D eigenvalue weighted by Crippen LogP contribution is 2.52. The molecule has 2 saturated heterocycles. The molecule has 7 nitrogen and oxygen atoms in total. The van der Waals surface area contributed by atoms with Crippen LogP contribution in [0, 0.1) is 17.7 Å². The van der Waals surface area contributed by atoms with Crippen molar-refractivity contribution in [3.8, 4) is 5.75 Å². The quantitative estimate of drug-likeness (QED) is 0.469. The number of carbonyl (C=O) groups excluding carboxylic acids is 3. The van der Waals surface area contributed by atoms with Crippen LogP contribution < -0.4 is 15.0 Å². The molecule has 0 bridgehead atoms. The highest BCUT2D eigenvalue weighted by atomic mass is 19.1. The number of rotatable bonds is 8. The molecular formula is C26H29FN2O5. The van der Waals surface area contributed by atoms with Gasteiger partial charge in [0.2, 0.25) is 11.8 Å². The minimum Gasteiger partial charge on any atom is -0.494 e. The second kappa shape index (κ2) is 9.54. The van der Waals surface area contributed by atoms with Crippen LogP contribution in [-0.4, -0.2) is 36.5 Å². The molecule has 1 N–H and O–H groups in total. The standard InChI is InChI=1S/C26H29FN2O5/c1-4-15-26(25(32)34-6-3)21-20(22(28-26)18-9-7-8-10-19(18)27)23(30)29(24(21)31)16-11-13-17(14-12-16)33-5-2/h7-14,20-22,28H,4-6,15H2,1-3H3/t20-,21-,22-,26+/m0/s1. The highest BCUT2D eigenvalue weighted by Gasteiger charge is 2.68. The number of hydrogen-bond acceptors (Lipinski definition) is 6. The monoisotopic (exact) mass is 468 g/mol. The second-order valence-corrected chi connectivity index (χ2v) is 8.53. The van der Waals surface area contributed by atoms with Crippen LogP contribution in [0.5, 0.6) is 5.75 Å². The molecule has 2 aromatic carbocycles. The van der Waals surface area contributed by atoms with Crippen molar-refractivity contribution in [1.29, 1.82) is 0 Å². The number of nitrogens with zero attached hydrogens (tertiary/aromatic N) is 1. The van der Waals surface area contributed by atoms with Crippen LogP contribution in [-0.2, 0) is 19.1 Å². The first-order chi connectivity index (χ1) is 16.4. The Hall–Kier alpha value is -3.26. The molecule has 180 valence electrons. The molecule has 2 heterocycles. The van der Waals surface area contributed by atoms with E-state index in [1.807, 2.05) is 13.8 Å². The van der Waals surface area contributed by atoms with Gasteiger partial charge >= 0.3 is 5.97 Å². The number of carbonyl (C=O) groups is 3. The Morgan fingerprint density at radius 2 is 1.74 bits per heavy atom. The number of anilines is 1. The van der Waals surface area contributed by atoms with Gasteiger partial charge in [0, 0.05) is 11.6 Å². The normalized spacial score (nSPS) is 26.0. The van der Waals surface area contributed by atoms with Crippen molar-refractivity contribution in [3.05, 3.63) is 59.9 Å². The van der Waals surface area contributed by atoms with Gasteiger partial charge in [-0.3, -0.25) is 19.7 Å². The summed E-state index contributed by atoms with van der Waals surface area (Å²) in [5.41, 5.74) is -0.807. The van der Waals surface area contributed by atoms with Gasteiger partial charge in [-0.25, -0.2) is 9.29 Å². The lowest BCUT2D eigenvalue weighted by Crippen LogP contribution is -2.56. The van der Waals surface area contributed by atoms with E-state index in [2.05, 4.69) is 5.32 Å². The van der Waals surface area contributed by atoms with Crippen molar-refractivity contribution >= 4 is 23.5 Å². The summed E-state index contributed by atoms with van der Waals surface area (Å²) in [4.78, 5) is 41.9. The average molecular weight is 469 g/mol. The molecule has 2 aliphatic rings. The third kappa shape index (κ3) is 3.76. The summed E-state index contributed by atoms with van der Waals surface area (Å²) >= 11 is 0. The first kappa shape index (κ1) is 23.9.